The summed E-state index contributed by atoms with van der Waals surface area (Å²) in [6, 6.07) is 7.07. The first-order valence-electron chi connectivity index (χ1n) is 8.23. The molecule has 1 aliphatic heterocycles. The number of carbonyl (C=O) groups is 1. The Bertz CT molecular complexity index is 803. The van der Waals surface area contributed by atoms with Gasteiger partial charge in [-0.2, -0.15) is 4.99 Å². The fourth-order valence-electron chi connectivity index (χ4n) is 2.75. The molecule has 2 amide bonds. The van der Waals surface area contributed by atoms with E-state index >= 15 is 0 Å². The molecular formula is C17H21N7O2. The van der Waals surface area contributed by atoms with Crippen molar-refractivity contribution in [2.45, 2.75) is 19.1 Å². The van der Waals surface area contributed by atoms with Crippen LogP contribution < -0.4 is 21.7 Å². The van der Waals surface area contributed by atoms with Gasteiger partial charge in [-0.3, -0.25) is 0 Å². The van der Waals surface area contributed by atoms with Crippen LogP contribution in [0.5, 0.6) is 0 Å². The second kappa shape index (κ2) is 7.79. The third-order valence-corrected chi connectivity index (χ3v) is 4.02. The Morgan fingerprint density at radius 2 is 2.08 bits per heavy atom. The van der Waals surface area contributed by atoms with Gasteiger partial charge in [0.15, 0.2) is 5.96 Å². The van der Waals surface area contributed by atoms with Gasteiger partial charge in [0.25, 0.3) is 0 Å². The maximum Gasteiger partial charge on any atom is 0.344 e. The van der Waals surface area contributed by atoms with E-state index in [-0.39, 0.29) is 12.1 Å². The fraction of sp³-hybridized carbons (Fsp3) is 0.294. The van der Waals surface area contributed by atoms with Crippen LogP contribution in [0.3, 0.4) is 0 Å². The molecule has 0 aliphatic carbocycles. The lowest BCUT2D eigenvalue weighted by molar-refractivity contribution is 0.198. The van der Waals surface area contributed by atoms with Gasteiger partial charge in [0.1, 0.15) is 0 Å². The van der Waals surface area contributed by atoms with Crippen LogP contribution in [0.2, 0.25) is 0 Å². The minimum atomic E-state index is -0.587. The van der Waals surface area contributed by atoms with Crippen molar-refractivity contribution in [1.29, 1.82) is 0 Å². The van der Waals surface area contributed by atoms with Crippen molar-refractivity contribution in [2.24, 2.45) is 16.5 Å². The molecule has 9 nitrogen and oxygen atoms in total. The number of nitrogens with two attached hydrogens (primary N) is 2. The Morgan fingerprint density at radius 1 is 1.31 bits per heavy atom. The predicted molar refractivity (Wildman–Crippen MR) is 98.4 cm³/mol. The molecule has 2 heterocycles. The molecule has 1 aliphatic rings. The number of aliphatic hydroxyl groups is 1. The van der Waals surface area contributed by atoms with Crippen LogP contribution in [-0.2, 0) is 6.54 Å². The zero-order chi connectivity index (χ0) is 18.5. The smallest absolute Gasteiger partial charge is 0.344 e. The number of nitrogens with one attached hydrogen (secondary N) is 1. The lowest BCUT2D eigenvalue weighted by Crippen LogP contribution is -2.28. The third kappa shape index (κ3) is 4.45. The van der Waals surface area contributed by atoms with Gasteiger partial charge in [0.05, 0.1) is 6.10 Å². The van der Waals surface area contributed by atoms with E-state index in [2.05, 4.69) is 20.3 Å². The van der Waals surface area contributed by atoms with E-state index < -0.39 is 6.03 Å². The van der Waals surface area contributed by atoms with Gasteiger partial charge >= 0.3 is 6.03 Å². The summed E-state index contributed by atoms with van der Waals surface area (Å²) in [4.78, 5) is 25.6. The predicted octanol–water partition coefficient (Wildman–Crippen LogP) is 0.198. The van der Waals surface area contributed by atoms with Crippen LogP contribution in [0.4, 0.5) is 10.7 Å². The Kier molecular flexibility index (Phi) is 5.28. The number of aliphatic imine (C=N–C) groups is 1. The summed E-state index contributed by atoms with van der Waals surface area (Å²) in [5.74, 6) is 0.338. The van der Waals surface area contributed by atoms with Gasteiger partial charge in [-0.25, -0.2) is 14.8 Å². The molecule has 1 atom stereocenters. The minimum absolute atomic E-state index is 0.279. The summed E-state index contributed by atoms with van der Waals surface area (Å²) in [6.45, 7) is 1.61. The van der Waals surface area contributed by atoms with E-state index in [1.807, 2.05) is 29.2 Å². The van der Waals surface area contributed by atoms with E-state index in [4.69, 9.17) is 11.5 Å². The second-order valence-electron chi connectivity index (χ2n) is 6.06. The summed E-state index contributed by atoms with van der Waals surface area (Å²) in [5, 5.41) is 12.2. The van der Waals surface area contributed by atoms with Gasteiger partial charge in [-0.15, -0.1) is 0 Å². The first-order chi connectivity index (χ1) is 12.5. The van der Waals surface area contributed by atoms with Crippen molar-refractivity contribution < 1.29 is 9.90 Å². The maximum atomic E-state index is 11.5. The highest BCUT2D eigenvalue weighted by atomic mass is 16.3. The number of guanidine groups is 1. The Labute approximate surface area is 150 Å². The summed E-state index contributed by atoms with van der Waals surface area (Å²) >= 11 is 0. The van der Waals surface area contributed by atoms with Gasteiger partial charge in [-0.1, -0.05) is 18.2 Å². The number of urea groups is 1. The number of carbonyl (C=O) groups excluding carboxylic acids is 1. The maximum absolute atomic E-state index is 11.5. The van der Waals surface area contributed by atoms with Crippen LogP contribution >= 0.6 is 0 Å². The van der Waals surface area contributed by atoms with Crippen LogP contribution in [0.1, 0.15) is 12.0 Å². The topological polar surface area (TPSA) is 143 Å². The summed E-state index contributed by atoms with van der Waals surface area (Å²) in [7, 11) is 0. The van der Waals surface area contributed by atoms with Crippen molar-refractivity contribution in [3.05, 3.63) is 42.2 Å². The van der Waals surface area contributed by atoms with Gasteiger partial charge in [0, 0.05) is 37.6 Å². The molecule has 1 aromatic carbocycles. The standard InChI is InChI=1S/C17H21N7O2/c18-15(19)23-17(26)22-7-11-2-1-3-12(6-11)13-8-20-16(21-9-13)24-5-4-14(25)10-24/h1-3,6,8-9,14,25H,4-5,7,10H2,(H5,18,19,22,23,26). The fourth-order valence-corrected chi connectivity index (χ4v) is 2.75. The summed E-state index contributed by atoms with van der Waals surface area (Å²) < 4.78 is 0. The zero-order valence-electron chi connectivity index (χ0n) is 14.2. The van der Waals surface area contributed by atoms with Crippen molar-refractivity contribution in [3.63, 3.8) is 0 Å². The molecule has 0 radical (unpaired) electrons. The molecule has 0 bridgehead atoms. The minimum Gasteiger partial charge on any atom is -0.391 e. The molecule has 9 heteroatoms. The van der Waals surface area contributed by atoms with Crippen LogP contribution in [-0.4, -0.2) is 46.3 Å². The number of β-amino-alcohol motifs (C(OH)–C–C–N with tert-alkyl or cyclic N) is 1. The van der Waals surface area contributed by atoms with E-state index in [1.165, 1.54) is 0 Å². The molecule has 1 saturated heterocycles. The highest BCUT2D eigenvalue weighted by Gasteiger charge is 2.22. The lowest BCUT2D eigenvalue weighted by Gasteiger charge is -2.15. The van der Waals surface area contributed by atoms with Gasteiger partial charge < -0.3 is 26.8 Å². The number of anilines is 1. The zero-order valence-corrected chi connectivity index (χ0v) is 14.2. The summed E-state index contributed by atoms with van der Waals surface area (Å²) in [6.07, 6.45) is 3.93. The molecule has 0 saturated carbocycles. The van der Waals surface area contributed by atoms with E-state index in [0.717, 1.165) is 29.7 Å². The molecule has 2 aromatic rings. The number of hydrogen-bond acceptors (Lipinski definition) is 5. The largest absolute Gasteiger partial charge is 0.391 e. The van der Waals surface area contributed by atoms with Crippen LogP contribution in [0.25, 0.3) is 11.1 Å². The lowest BCUT2D eigenvalue weighted by atomic mass is 10.1. The highest BCUT2D eigenvalue weighted by molar-refractivity contribution is 5.90. The first-order valence-corrected chi connectivity index (χ1v) is 8.23. The van der Waals surface area contributed by atoms with E-state index in [9.17, 15) is 9.90 Å². The van der Waals surface area contributed by atoms with Gasteiger partial charge in [-0.05, 0) is 23.6 Å². The number of rotatable bonds is 4. The number of nitrogens with zero attached hydrogens (tertiary/aromatic N) is 4. The number of hydrogen-bond donors (Lipinski definition) is 4. The third-order valence-electron chi connectivity index (χ3n) is 4.02. The Morgan fingerprint density at radius 3 is 2.73 bits per heavy atom. The molecule has 26 heavy (non-hydrogen) atoms. The molecular weight excluding hydrogens is 334 g/mol. The van der Waals surface area contributed by atoms with Crippen LogP contribution in [0, 0.1) is 0 Å². The van der Waals surface area contributed by atoms with E-state index in [0.29, 0.717) is 19.0 Å². The summed E-state index contributed by atoms with van der Waals surface area (Å²) in [5.41, 5.74) is 13.0. The molecule has 1 aromatic heterocycles. The highest BCUT2D eigenvalue weighted by Crippen LogP contribution is 2.22. The van der Waals surface area contributed by atoms with Gasteiger partial charge in [0.2, 0.25) is 5.95 Å². The first kappa shape index (κ1) is 17.6. The second-order valence-corrected chi connectivity index (χ2v) is 6.06. The van der Waals surface area contributed by atoms with E-state index in [1.54, 1.807) is 12.4 Å². The average Bonchev–Trinajstić information content (AvgIpc) is 3.06. The molecule has 3 rings (SSSR count). The van der Waals surface area contributed by atoms with Crippen molar-refractivity contribution in [3.8, 4) is 11.1 Å². The average molecular weight is 355 g/mol. The quantitative estimate of drug-likeness (QED) is 0.453. The number of aromatic nitrogens is 2. The normalized spacial score (nSPS) is 16.3. The molecule has 0 spiro atoms. The van der Waals surface area contributed by atoms with Crippen molar-refractivity contribution in [1.82, 2.24) is 15.3 Å². The molecule has 6 N–H and O–H groups in total. The van der Waals surface area contributed by atoms with Crippen LogP contribution in [0.15, 0.2) is 41.7 Å². The molecule has 1 fully saturated rings. The number of aliphatic hydroxyl groups excluding tert-OH is 1. The monoisotopic (exact) mass is 355 g/mol. The Hall–Kier alpha value is -3.20. The molecule has 1 unspecified atom stereocenters. The van der Waals surface area contributed by atoms with Crippen molar-refractivity contribution >= 4 is 17.9 Å². The number of benzene rings is 1. The SMILES string of the molecule is NC(N)=NC(=O)NCc1cccc(-c2cnc(N3CCC(O)C3)nc2)c1. The van der Waals surface area contributed by atoms with Crippen molar-refractivity contribution in [2.75, 3.05) is 18.0 Å². The Balaban J connectivity index is 1.67. The molecule has 136 valence electrons. The number of amides is 2.